The number of hydrogen-bond donors (Lipinski definition) is 1. The molecule has 1 aromatic heterocycles. The van der Waals surface area contributed by atoms with Crippen molar-refractivity contribution in [1.82, 2.24) is 4.98 Å². The Labute approximate surface area is 102 Å². The van der Waals surface area contributed by atoms with Crippen molar-refractivity contribution in [3.8, 4) is 0 Å². The van der Waals surface area contributed by atoms with Crippen LogP contribution in [-0.2, 0) is 6.54 Å². The Balaban J connectivity index is 2.17. The standard InChI is InChI=1S/C14H17N3/c1-11-8-14(15)16-9-13(11)17(2)10-12-6-4-3-5-7-12/h3-9H,10H2,1-2H3,(H2,15,16). The molecule has 1 aromatic carbocycles. The SMILES string of the molecule is Cc1cc(N)ncc1N(C)Cc1ccccc1. The Morgan fingerprint density at radius 2 is 1.94 bits per heavy atom. The van der Waals surface area contributed by atoms with E-state index >= 15 is 0 Å². The van der Waals surface area contributed by atoms with Crippen molar-refractivity contribution in [1.29, 1.82) is 0 Å². The normalized spacial score (nSPS) is 10.2. The van der Waals surface area contributed by atoms with Crippen LogP contribution in [0.1, 0.15) is 11.1 Å². The van der Waals surface area contributed by atoms with Gasteiger partial charge in [0.15, 0.2) is 0 Å². The van der Waals surface area contributed by atoms with Crippen molar-refractivity contribution in [2.45, 2.75) is 13.5 Å². The molecule has 0 amide bonds. The van der Waals surface area contributed by atoms with Crippen molar-refractivity contribution in [2.75, 3.05) is 17.7 Å². The van der Waals surface area contributed by atoms with Crippen LogP contribution in [0.25, 0.3) is 0 Å². The molecular formula is C14H17N3. The summed E-state index contributed by atoms with van der Waals surface area (Å²) in [6.07, 6.45) is 1.83. The minimum absolute atomic E-state index is 0.569. The van der Waals surface area contributed by atoms with E-state index in [1.807, 2.05) is 18.3 Å². The molecule has 17 heavy (non-hydrogen) atoms. The minimum Gasteiger partial charge on any atom is -0.384 e. The lowest BCUT2D eigenvalue weighted by molar-refractivity contribution is 0.912. The maximum absolute atomic E-state index is 5.65. The molecular weight excluding hydrogens is 210 g/mol. The topological polar surface area (TPSA) is 42.1 Å². The summed E-state index contributed by atoms with van der Waals surface area (Å²) >= 11 is 0. The average molecular weight is 227 g/mol. The summed E-state index contributed by atoms with van der Waals surface area (Å²) in [6.45, 7) is 2.92. The maximum Gasteiger partial charge on any atom is 0.123 e. The highest BCUT2D eigenvalue weighted by Crippen LogP contribution is 2.20. The van der Waals surface area contributed by atoms with Gasteiger partial charge in [-0.3, -0.25) is 0 Å². The number of aromatic nitrogens is 1. The van der Waals surface area contributed by atoms with Crippen LogP contribution in [0.3, 0.4) is 0 Å². The summed E-state index contributed by atoms with van der Waals surface area (Å²) in [5, 5.41) is 0. The zero-order valence-corrected chi connectivity index (χ0v) is 10.2. The molecule has 2 N–H and O–H groups in total. The van der Waals surface area contributed by atoms with Crippen LogP contribution in [0.15, 0.2) is 42.6 Å². The number of nitrogen functional groups attached to an aromatic ring is 1. The monoisotopic (exact) mass is 227 g/mol. The van der Waals surface area contributed by atoms with Gasteiger partial charge in [-0.15, -0.1) is 0 Å². The molecule has 0 spiro atoms. The molecule has 0 saturated carbocycles. The summed E-state index contributed by atoms with van der Waals surface area (Å²) in [5.74, 6) is 0.569. The molecule has 2 aromatic rings. The summed E-state index contributed by atoms with van der Waals surface area (Å²) < 4.78 is 0. The lowest BCUT2D eigenvalue weighted by Crippen LogP contribution is -2.17. The first-order valence-electron chi connectivity index (χ1n) is 5.64. The number of benzene rings is 1. The number of pyridine rings is 1. The third-order valence-corrected chi connectivity index (χ3v) is 2.78. The second-order valence-corrected chi connectivity index (χ2v) is 4.24. The zero-order chi connectivity index (χ0) is 12.3. The summed E-state index contributed by atoms with van der Waals surface area (Å²) in [4.78, 5) is 6.32. The van der Waals surface area contributed by atoms with E-state index in [0.29, 0.717) is 5.82 Å². The van der Waals surface area contributed by atoms with Crippen LogP contribution >= 0.6 is 0 Å². The van der Waals surface area contributed by atoms with E-state index < -0.39 is 0 Å². The Morgan fingerprint density at radius 3 is 2.59 bits per heavy atom. The molecule has 3 nitrogen and oxygen atoms in total. The molecule has 88 valence electrons. The Bertz CT molecular complexity index is 494. The van der Waals surface area contributed by atoms with Crippen LogP contribution in [0.5, 0.6) is 0 Å². The minimum atomic E-state index is 0.569. The van der Waals surface area contributed by atoms with Gasteiger partial charge in [0.1, 0.15) is 5.82 Å². The molecule has 2 rings (SSSR count). The number of nitrogens with two attached hydrogens (primary N) is 1. The fourth-order valence-corrected chi connectivity index (χ4v) is 1.91. The molecule has 0 radical (unpaired) electrons. The molecule has 0 bridgehead atoms. The van der Waals surface area contributed by atoms with Gasteiger partial charge in [0, 0.05) is 13.6 Å². The van der Waals surface area contributed by atoms with Crippen molar-refractivity contribution in [3.05, 3.63) is 53.7 Å². The molecule has 0 saturated heterocycles. The smallest absolute Gasteiger partial charge is 0.123 e. The number of hydrogen-bond acceptors (Lipinski definition) is 3. The van der Waals surface area contributed by atoms with Gasteiger partial charge in [0.05, 0.1) is 11.9 Å². The van der Waals surface area contributed by atoms with E-state index in [1.165, 1.54) is 5.56 Å². The highest BCUT2D eigenvalue weighted by molar-refractivity contribution is 5.54. The van der Waals surface area contributed by atoms with Crippen LogP contribution in [0.4, 0.5) is 11.5 Å². The third-order valence-electron chi connectivity index (χ3n) is 2.78. The zero-order valence-electron chi connectivity index (χ0n) is 10.2. The summed E-state index contributed by atoms with van der Waals surface area (Å²) in [5.41, 5.74) is 9.20. The molecule has 3 heteroatoms. The fraction of sp³-hybridized carbons (Fsp3) is 0.214. The number of aryl methyl sites for hydroxylation is 1. The molecule has 0 fully saturated rings. The second-order valence-electron chi connectivity index (χ2n) is 4.24. The Kier molecular flexibility index (Phi) is 3.28. The summed E-state index contributed by atoms with van der Waals surface area (Å²) in [7, 11) is 2.06. The van der Waals surface area contributed by atoms with E-state index in [4.69, 9.17) is 5.73 Å². The Morgan fingerprint density at radius 1 is 1.24 bits per heavy atom. The van der Waals surface area contributed by atoms with Gasteiger partial charge in [-0.25, -0.2) is 4.98 Å². The molecule has 0 aliphatic rings. The largest absolute Gasteiger partial charge is 0.384 e. The molecule has 0 atom stereocenters. The predicted molar refractivity (Wildman–Crippen MR) is 71.9 cm³/mol. The van der Waals surface area contributed by atoms with Crippen LogP contribution < -0.4 is 10.6 Å². The van der Waals surface area contributed by atoms with E-state index in [1.54, 1.807) is 0 Å². The lowest BCUT2D eigenvalue weighted by Gasteiger charge is -2.21. The van der Waals surface area contributed by atoms with E-state index in [2.05, 4.69) is 48.1 Å². The van der Waals surface area contributed by atoms with Crippen molar-refractivity contribution < 1.29 is 0 Å². The van der Waals surface area contributed by atoms with E-state index in [0.717, 1.165) is 17.8 Å². The quantitative estimate of drug-likeness (QED) is 0.876. The first kappa shape index (κ1) is 11.5. The molecule has 0 aliphatic heterocycles. The van der Waals surface area contributed by atoms with Crippen molar-refractivity contribution in [3.63, 3.8) is 0 Å². The Hall–Kier alpha value is -2.03. The van der Waals surface area contributed by atoms with Crippen LogP contribution in [-0.4, -0.2) is 12.0 Å². The average Bonchev–Trinajstić information content (AvgIpc) is 2.30. The van der Waals surface area contributed by atoms with Gasteiger partial charge < -0.3 is 10.6 Å². The molecule has 1 heterocycles. The van der Waals surface area contributed by atoms with E-state index in [-0.39, 0.29) is 0 Å². The molecule has 0 aliphatic carbocycles. The first-order valence-corrected chi connectivity index (χ1v) is 5.64. The highest BCUT2D eigenvalue weighted by Gasteiger charge is 2.06. The van der Waals surface area contributed by atoms with Gasteiger partial charge in [-0.2, -0.15) is 0 Å². The first-order chi connectivity index (χ1) is 8.16. The van der Waals surface area contributed by atoms with Gasteiger partial charge in [0.25, 0.3) is 0 Å². The maximum atomic E-state index is 5.65. The van der Waals surface area contributed by atoms with Crippen molar-refractivity contribution in [2.24, 2.45) is 0 Å². The van der Waals surface area contributed by atoms with Gasteiger partial charge in [-0.1, -0.05) is 30.3 Å². The van der Waals surface area contributed by atoms with Crippen LogP contribution in [0.2, 0.25) is 0 Å². The predicted octanol–water partition coefficient (Wildman–Crippen LogP) is 2.61. The molecule has 0 unspecified atom stereocenters. The number of anilines is 2. The summed E-state index contributed by atoms with van der Waals surface area (Å²) in [6, 6.07) is 12.3. The third kappa shape index (κ3) is 2.75. The number of nitrogens with zero attached hydrogens (tertiary/aromatic N) is 2. The second kappa shape index (κ2) is 4.87. The number of rotatable bonds is 3. The van der Waals surface area contributed by atoms with Crippen LogP contribution in [0, 0.1) is 6.92 Å². The van der Waals surface area contributed by atoms with Gasteiger partial charge in [-0.05, 0) is 24.1 Å². The fourth-order valence-electron chi connectivity index (χ4n) is 1.91. The van der Waals surface area contributed by atoms with Crippen molar-refractivity contribution >= 4 is 11.5 Å². The van der Waals surface area contributed by atoms with Gasteiger partial charge in [0.2, 0.25) is 0 Å². The van der Waals surface area contributed by atoms with Gasteiger partial charge >= 0.3 is 0 Å². The lowest BCUT2D eigenvalue weighted by atomic mass is 10.2. The highest BCUT2D eigenvalue weighted by atomic mass is 15.1. The van der Waals surface area contributed by atoms with E-state index in [9.17, 15) is 0 Å².